The second-order valence-electron chi connectivity index (χ2n) is 4.35. The Hall–Kier alpha value is -1.63. The lowest BCUT2D eigenvalue weighted by atomic mass is 9.94. The highest BCUT2D eigenvalue weighted by atomic mass is 35.5. The van der Waals surface area contributed by atoms with Gasteiger partial charge < -0.3 is 0 Å². The van der Waals surface area contributed by atoms with Crippen LogP contribution in [-0.2, 0) is 6.18 Å². The quantitative estimate of drug-likeness (QED) is 0.509. The van der Waals surface area contributed by atoms with Crippen molar-refractivity contribution in [3.05, 3.63) is 70.0 Å². The minimum absolute atomic E-state index is 0.122. The van der Waals surface area contributed by atoms with E-state index in [1.54, 1.807) is 0 Å². The van der Waals surface area contributed by atoms with Gasteiger partial charge in [-0.15, -0.1) is 0 Å². The van der Waals surface area contributed by atoms with Gasteiger partial charge in [-0.25, -0.2) is 9.82 Å². The zero-order valence-corrected chi connectivity index (χ0v) is 11.3. The van der Waals surface area contributed by atoms with Gasteiger partial charge in [-0.2, -0.15) is 13.2 Å². The Balaban J connectivity index is 2.60. The van der Waals surface area contributed by atoms with Gasteiger partial charge in [0.25, 0.3) is 0 Å². The SMILES string of the molecule is NNC(c1cc(F)ccc1Cl)c1ccccc1C(F)(F)F. The molecule has 0 aromatic heterocycles. The van der Waals surface area contributed by atoms with Gasteiger partial charge in [0.05, 0.1) is 11.6 Å². The van der Waals surface area contributed by atoms with E-state index in [-0.39, 0.29) is 16.1 Å². The lowest BCUT2D eigenvalue weighted by Gasteiger charge is -2.22. The standard InChI is InChI=1S/C14H11ClF4N2/c15-12-6-5-8(16)7-10(12)13(21-20)9-3-1-2-4-11(9)14(17,18)19/h1-7,13,21H,20H2. The first-order valence-corrected chi connectivity index (χ1v) is 6.29. The number of halogens is 5. The largest absolute Gasteiger partial charge is 0.416 e. The van der Waals surface area contributed by atoms with E-state index in [0.717, 1.165) is 18.2 Å². The van der Waals surface area contributed by atoms with Crippen LogP contribution in [0.3, 0.4) is 0 Å². The van der Waals surface area contributed by atoms with E-state index < -0.39 is 23.6 Å². The minimum Gasteiger partial charge on any atom is -0.271 e. The number of nitrogens with two attached hydrogens (primary N) is 1. The van der Waals surface area contributed by atoms with Crippen molar-refractivity contribution in [2.45, 2.75) is 12.2 Å². The van der Waals surface area contributed by atoms with E-state index in [9.17, 15) is 17.6 Å². The summed E-state index contributed by atoms with van der Waals surface area (Å²) in [7, 11) is 0. The molecule has 1 unspecified atom stereocenters. The van der Waals surface area contributed by atoms with Gasteiger partial charge in [0.2, 0.25) is 0 Å². The van der Waals surface area contributed by atoms with Crippen molar-refractivity contribution in [1.82, 2.24) is 5.43 Å². The van der Waals surface area contributed by atoms with Crippen molar-refractivity contribution in [3.63, 3.8) is 0 Å². The summed E-state index contributed by atoms with van der Waals surface area (Å²) in [6.45, 7) is 0. The van der Waals surface area contributed by atoms with Crippen LogP contribution in [0.15, 0.2) is 42.5 Å². The summed E-state index contributed by atoms with van der Waals surface area (Å²) in [5.41, 5.74) is 1.42. The van der Waals surface area contributed by atoms with Crippen LogP contribution in [0.4, 0.5) is 17.6 Å². The number of hydrazine groups is 1. The zero-order valence-electron chi connectivity index (χ0n) is 10.6. The second kappa shape index (κ2) is 6.01. The van der Waals surface area contributed by atoms with Gasteiger partial charge in [-0.1, -0.05) is 29.8 Å². The van der Waals surface area contributed by atoms with E-state index in [4.69, 9.17) is 17.4 Å². The molecule has 2 aromatic carbocycles. The third-order valence-electron chi connectivity index (χ3n) is 3.01. The maximum absolute atomic E-state index is 13.3. The molecule has 0 radical (unpaired) electrons. The molecule has 0 spiro atoms. The van der Waals surface area contributed by atoms with Crippen molar-refractivity contribution >= 4 is 11.6 Å². The molecule has 2 nitrogen and oxygen atoms in total. The number of rotatable bonds is 3. The maximum atomic E-state index is 13.3. The van der Waals surface area contributed by atoms with Crippen molar-refractivity contribution in [2.24, 2.45) is 5.84 Å². The number of alkyl halides is 3. The lowest BCUT2D eigenvalue weighted by Crippen LogP contribution is -2.31. The highest BCUT2D eigenvalue weighted by Crippen LogP contribution is 2.37. The predicted molar refractivity (Wildman–Crippen MR) is 72.0 cm³/mol. The normalized spacial score (nSPS) is 13.2. The van der Waals surface area contributed by atoms with Gasteiger partial charge in [-0.3, -0.25) is 5.84 Å². The monoisotopic (exact) mass is 318 g/mol. The van der Waals surface area contributed by atoms with Crippen LogP contribution in [0.25, 0.3) is 0 Å². The Bertz CT molecular complexity index is 643. The molecular weight excluding hydrogens is 308 g/mol. The van der Waals surface area contributed by atoms with Crippen molar-refractivity contribution in [1.29, 1.82) is 0 Å². The second-order valence-corrected chi connectivity index (χ2v) is 4.76. The first-order chi connectivity index (χ1) is 9.84. The molecule has 21 heavy (non-hydrogen) atoms. The van der Waals surface area contributed by atoms with Crippen LogP contribution in [-0.4, -0.2) is 0 Å². The number of nitrogens with one attached hydrogen (secondary N) is 1. The summed E-state index contributed by atoms with van der Waals surface area (Å²) in [5.74, 6) is 4.76. The molecule has 0 aliphatic carbocycles. The summed E-state index contributed by atoms with van der Waals surface area (Å²) in [5, 5.41) is 0.122. The van der Waals surface area contributed by atoms with E-state index >= 15 is 0 Å². The molecule has 1 atom stereocenters. The molecule has 3 N–H and O–H groups in total. The predicted octanol–water partition coefficient (Wildman–Crippen LogP) is 4.05. The fourth-order valence-electron chi connectivity index (χ4n) is 2.09. The summed E-state index contributed by atoms with van der Waals surface area (Å²) in [6, 6.07) is 7.30. The maximum Gasteiger partial charge on any atom is 0.416 e. The van der Waals surface area contributed by atoms with Crippen LogP contribution in [0.2, 0.25) is 5.02 Å². The van der Waals surface area contributed by atoms with Gasteiger partial charge >= 0.3 is 6.18 Å². The van der Waals surface area contributed by atoms with Crippen LogP contribution < -0.4 is 11.3 Å². The van der Waals surface area contributed by atoms with Crippen LogP contribution >= 0.6 is 11.6 Å². The third-order valence-corrected chi connectivity index (χ3v) is 3.36. The first kappa shape index (κ1) is 15.8. The zero-order chi connectivity index (χ0) is 15.6. The summed E-state index contributed by atoms with van der Waals surface area (Å²) >= 11 is 5.94. The molecule has 0 aliphatic rings. The molecule has 0 aliphatic heterocycles. The fraction of sp³-hybridized carbons (Fsp3) is 0.143. The average Bonchev–Trinajstić information content (AvgIpc) is 2.43. The molecule has 0 saturated carbocycles. The molecule has 2 aromatic rings. The van der Waals surface area contributed by atoms with E-state index in [1.165, 1.54) is 24.3 Å². The molecule has 2 rings (SSSR count). The Labute approximate surface area is 123 Å². The van der Waals surface area contributed by atoms with E-state index in [2.05, 4.69) is 5.43 Å². The minimum atomic E-state index is -4.55. The Kier molecular flexibility index (Phi) is 4.51. The number of hydrogen-bond acceptors (Lipinski definition) is 2. The van der Waals surface area contributed by atoms with Crippen molar-refractivity contribution in [3.8, 4) is 0 Å². The molecule has 0 heterocycles. The van der Waals surface area contributed by atoms with Gasteiger partial charge in [0.1, 0.15) is 5.82 Å². The number of benzene rings is 2. The van der Waals surface area contributed by atoms with Crippen molar-refractivity contribution in [2.75, 3.05) is 0 Å². The van der Waals surface area contributed by atoms with Crippen LogP contribution in [0.1, 0.15) is 22.7 Å². The fourth-order valence-corrected chi connectivity index (χ4v) is 2.32. The molecule has 0 bridgehead atoms. The van der Waals surface area contributed by atoms with Crippen LogP contribution in [0, 0.1) is 5.82 Å². The summed E-state index contributed by atoms with van der Waals surface area (Å²) in [4.78, 5) is 0. The number of hydrogen-bond donors (Lipinski definition) is 2. The Morgan fingerprint density at radius 3 is 2.33 bits per heavy atom. The topological polar surface area (TPSA) is 38.0 Å². The Morgan fingerprint density at radius 2 is 1.71 bits per heavy atom. The highest BCUT2D eigenvalue weighted by molar-refractivity contribution is 6.31. The molecule has 112 valence electrons. The van der Waals surface area contributed by atoms with Gasteiger partial charge in [-0.05, 0) is 35.4 Å². The Morgan fingerprint density at radius 1 is 1.05 bits per heavy atom. The smallest absolute Gasteiger partial charge is 0.271 e. The molecule has 0 amide bonds. The average molecular weight is 319 g/mol. The molecular formula is C14H11ClF4N2. The van der Waals surface area contributed by atoms with E-state index in [1.807, 2.05) is 0 Å². The highest BCUT2D eigenvalue weighted by Gasteiger charge is 2.35. The molecule has 0 saturated heterocycles. The van der Waals surface area contributed by atoms with Gasteiger partial charge in [0, 0.05) is 5.02 Å². The summed E-state index contributed by atoms with van der Waals surface area (Å²) in [6.07, 6.45) is -4.55. The third kappa shape index (κ3) is 3.34. The molecule has 7 heteroatoms. The van der Waals surface area contributed by atoms with Crippen molar-refractivity contribution < 1.29 is 17.6 Å². The van der Waals surface area contributed by atoms with Crippen LogP contribution in [0.5, 0.6) is 0 Å². The molecule has 0 fully saturated rings. The van der Waals surface area contributed by atoms with Gasteiger partial charge in [0.15, 0.2) is 0 Å². The summed E-state index contributed by atoms with van der Waals surface area (Å²) < 4.78 is 52.5. The van der Waals surface area contributed by atoms with E-state index in [0.29, 0.717) is 0 Å². The lowest BCUT2D eigenvalue weighted by molar-refractivity contribution is -0.138. The first-order valence-electron chi connectivity index (χ1n) is 5.91.